The molecular weight excluding hydrogens is 179 g/mol. The van der Waals surface area contributed by atoms with Crippen LogP contribution < -0.4 is 10.9 Å². The van der Waals surface area contributed by atoms with Crippen LogP contribution in [0, 0.1) is 5.92 Å². The van der Waals surface area contributed by atoms with Gasteiger partial charge in [0.1, 0.15) is 0 Å². The Morgan fingerprint density at radius 3 is 1.90 bits per heavy atom. The Kier molecular flexibility index (Phi) is 7.24. The lowest BCUT2D eigenvalue weighted by Gasteiger charge is -1.95. The molecule has 1 fully saturated rings. The molecule has 1 aliphatic heterocycles. The molecule has 0 amide bonds. The van der Waals surface area contributed by atoms with Crippen molar-refractivity contribution in [1.82, 2.24) is 10.9 Å². The van der Waals surface area contributed by atoms with Crippen LogP contribution in [0.25, 0.3) is 0 Å². The molecule has 0 aromatic heterocycles. The summed E-state index contributed by atoms with van der Waals surface area (Å²) in [5.41, 5.74) is 5.45. The van der Waals surface area contributed by atoms with E-state index in [-0.39, 0.29) is 30.7 Å². The zero-order chi connectivity index (χ0) is 5.98. The third kappa shape index (κ3) is 3.22. The van der Waals surface area contributed by atoms with Gasteiger partial charge in [-0.25, -0.2) is 0 Å². The largest absolute Gasteiger partial charge is 0.481 e. The number of carboxylic acids is 1. The predicted octanol–water partition coefficient (Wildman–Crippen LogP) is -0.361. The first-order valence-electron chi connectivity index (χ1n) is 2.49. The Morgan fingerprint density at radius 1 is 1.30 bits per heavy atom. The summed E-state index contributed by atoms with van der Waals surface area (Å²) in [4.78, 5) is 10.1. The highest BCUT2D eigenvalue weighted by molar-refractivity contribution is 5.85. The van der Waals surface area contributed by atoms with Gasteiger partial charge in [0.05, 0.1) is 5.92 Å². The standard InChI is InChI=1S/C4H8N2O2.2ClH/c7-4(8)3-1-5-6-2-3;;/h3,5-6H,1-2H2,(H,7,8);2*1H. The predicted molar refractivity (Wildman–Crippen MR) is 41.6 cm³/mol. The molecule has 1 rings (SSSR count). The summed E-state index contributed by atoms with van der Waals surface area (Å²) in [6.45, 7) is 1.07. The van der Waals surface area contributed by atoms with Crippen LogP contribution in [-0.4, -0.2) is 24.2 Å². The van der Waals surface area contributed by atoms with Gasteiger partial charge in [-0.05, 0) is 0 Å². The molecule has 0 bridgehead atoms. The first-order valence-corrected chi connectivity index (χ1v) is 2.49. The minimum Gasteiger partial charge on any atom is -0.481 e. The molecule has 1 heterocycles. The van der Waals surface area contributed by atoms with Crippen LogP contribution in [0.1, 0.15) is 0 Å². The Bertz CT molecular complexity index is 105. The van der Waals surface area contributed by atoms with Crippen molar-refractivity contribution in [3.63, 3.8) is 0 Å². The molecular formula is C4H10Cl2N2O2. The van der Waals surface area contributed by atoms with E-state index in [0.29, 0.717) is 13.1 Å². The molecule has 0 aromatic carbocycles. The Balaban J connectivity index is 0. The van der Waals surface area contributed by atoms with E-state index in [1.54, 1.807) is 0 Å². The minimum atomic E-state index is -0.734. The second kappa shape index (κ2) is 5.73. The van der Waals surface area contributed by atoms with Gasteiger partial charge in [-0.2, -0.15) is 0 Å². The summed E-state index contributed by atoms with van der Waals surface area (Å²) in [6, 6.07) is 0. The molecule has 1 aliphatic rings. The van der Waals surface area contributed by atoms with E-state index in [9.17, 15) is 4.79 Å². The highest BCUT2D eigenvalue weighted by Crippen LogP contribution is 1.95. The van der Waals surface area contributed by atoms with Crippen molar-refractivity contribution >= 4 is 30.8 Å². The van der Waals surface area contributed by atoms with Crippen molar-refractivity contribution < 1.29 is 9.90 Å². The molecule has 0 aromatic rings. The molecule has 0 atom stereocenters. The fourth-order valence-electron chi connectivity index (χ4n) is 0.638. The van der Waals surface area contributed by atoms with Gasteiger partial charge in [0.15, 0.2) is 0 Å². The summed E-state index contributed by atoms with van der Waals surface area (Å²) in [5, 5.41) is 8.33. The molecule has 4 nitrogen and oxygen atoms in total. The topological polar surface area (TPSA) is 61.4 Å². The smallest absolute Gasteiger partial charge is 0.309 e. The number of halogens is 2. The number of rotatable bonds is 1. The van der Waals surface area contributed by atoms with Gasteiger partial charge in [0.25, 0.3) is 0 Å². The molecule has 62 valence electrons. The molecule has 0 unspecified atom stereocenters. The first kappa shape index (κ1) is 12.6. The van der Waals surface area contributed by atoms with Gasteiger partial charge in [-0.1, -0.05) is 0 Å². The first-order chi connectivity index (χ1) is 3.80. The quantitative estimate of drug-likeness (QED) is 0.527. The Hall–Kier alpha value is -0.0300. The molecule has 0 aliphatic carbocycles. The lowest BCUT2D eigenvalue weighted by atomic mass is 10.2. The lowest BCUT2D eigenvalue weighted by molar-refractivity contribution is -0.140. The fraction of sp³-hybridized carbons (Fsp3) is 0.750. The molecule has 0 radical (unpaired) electrons. The third-order valence-corrected chi connectivity index (χ3v) is 1.17. The number of nitrogens with one attached hydrogen (secondary N) is 2. The molecule has 3 N–H and O–H groups in total. The number of carboxylic acid groups (broad SMARTS) is 1. The molecule has 0 spiro atoms. The van der Waals surface area contributed by atoms with Crippen LogP contribution >= 0.6 is 24.8 Å². The summed E-state index contributed by atoms with van der Waals surface area (Å²) in [6.07, 6.45) is 0. The van der Waals surface area contributed by atoms with Gasteiger partial charge in [-0.3, -0.25) is 15.6 Å². The van der Waals surface area contributed by atoms with Crippen molar-refractivity contribution in [2.24, 2.45) is 5.92 Å². The minimum absolute atomic E-state index is 0. The summed E-state index contributed by atoms with van der Waals surface area (Å²) >= 11 is 0. The maximum absolute atomic E-state index is 10.1. The average molecular weight is 189 g/mol. The van der Waals surface area contributed by atoms with Gasteiger partial charge in [-0.15, -0.1) is 24.8 Å². The summed E-state index contributed by atoms with van der Waals surface area (Å²) in [5.74, 6) is -0.975. The number of hydrogen-bond donors (Lipinski definition) is 3. The molecule has 10 heavy (non-hydrogen) atoms. The van der Waals surface area contributed by atoms with Crippen LogP contribution in [0.4, 0.5) is 0 Å². The van der Waals surface area contributed by atoms with E-state index in [1.807, 2.05) is 0 Å². The number of carbonyl (C=O) groups is 1. The second-order valence-electron chi connectivity index (χ2n) is 1.80. The van der Waals surface area contributed by atoms with Crippen LogP contribution in [-0.2, 0) is 4.79 Å². The zero-order valence-corrected chi connectivity index (χ0v) is 6.80. The molecule has 1 saturated heterocycles. The maximum Gasteiger partial charge on any atom is 0.309 e. The summed E-state index contributed by atoms with van der Waals surface area (Å²) in [7, 11) is 0. The zero-order valence-electron chi connectivity index (χ0n) is 5.16. The van der Waals surface area contributed by atoms with Crippen molar-refractivity contribution in [1.29, 1.82) is 0 Å². The Labute approximate surface area is 71.2 Å². The van der Waals surface area contributed by atoms with Gasteiger partial charge in [0.2, 0.25) is 0 Å². The van der Waals surface area contributed by atoms with E-state index >= 15 is 0 Å². The number of hydrogen-bond acceptors (Lipinski definition) is 3. The number of aliphatic carboxylic acids is 1. The lowest BCUT2D eigenvalue weighted by Crippen LogP contribution is -2.21. The third-order valence-electron chi connectivity index (χ3n) is 1.17. The van der Waals surface area contributed by atoms with Gasteiger partial charge < -0.3 is 5.11 Å². The van der Waals surface area contributed by atoms with Gasteiger partial charge >= 0.3 is 5.97 Å². The number of hydrazine groups is 1. The fourth-order valence-corrected chi connectivity index (χ4v) is 0.638. The van der Waals surface area contributed by atoms with E-state index in [0.717, 1.165) is 0 Å². The van der Waals surface area contributed by atoms with Crippen molar-refractivity contribution in [3.8, 4) is 0 Å². The molecule has 0 saturated carbocycles. The van der Waals surface area contributed by atoms with Gasteiger partial charge in [0, 0.05) is 13.1 Å². The highest BCUT2D eigenvalue weighted by atomic mass is 35.5. The van der Waals surface area contributed by atoms with Crippen molar-refractivity contribution in [2.45, 2.75) is 0 Å². The SMILES string of the molecule is Cl.Cl.O=C(O)C1CNNC1. The average Bonchev–Trinajstić information content (AvgIpc) is 2.12. The van der Waals surface area contributed by atoms with Crippen LogP contribution in [0.15, 0.2) is 0 Å². The van der Waals surface area contributed by atoms with Crippen molar-refractivity contribution in [2.75, 3.05) is 13.1 Å². The highest BCUT2D eigenvalue weighted by Gasteiger charge is 2.20. The monoisotopic (exact) mass is 188 g/mol. The van der Waals surface area contributed by atoms with Crippen LogP contribution in [0.5, 0.6) is 0 Å². The van der Waals surface area contributed by atoms with E-state index < -0.39 is 5.97 Å². The second-order valence-corrected chi connectivity index (χ2v) is 1.80. The van der Waals surface area contributed by atoms with E-state index in [1.165, 1.54) is 0 Å². The van der Waals surface area contributed by atoms with Crippen LogP contribution in [0.3, 0.4) is 0 Å². The molecule has 6 heteroatoms. The van der Waals surface area contributed by atoms with E-state index in [4.69, 9.17) is 5.11 Å². The van der Waals surface area contributed by atoms with E-state index in [2.05, 4.69) is 10.9 Å². The van der Waals surface area contributed by atoms with Crippen LogP contribution in [0.2, 0.25) is 0 Å². The van der Waals surface area contributed by atoms with Crippen molar-refractivity contribution in [3.05, 3.63) is 0 Å². The Morgan fingerprint density at radius 2 is 1.70 bits per heavy atom. The summed E-state index contributed by atoms with van der Waals surface area (Å²) < 4.78 is 0. The maximum atomic E-state index is 10.1. The normalized spacial score (nSPS) is 17.2.